The molecule has 0 saturated carbocycles. The van der Waals surface area contributed by atoms with Crippen LogP contribution in [-0.2, 0) is 0 Å². The highest BCUT2D eigenvalue weighted by atomic mass is 15.2. The molecule has 1 aliphatic heterocycles. The lowest BCUT2D eigenvalue weighted by Gasteiger charge is -2.37. The maximum atomic E-state index is 6.18. The minimum atomic E-state index is -0.0309. The first-order valence-electron chi connectivity index (χ1n) is 6.38. The standard InChI is InChI=1S/C13H19N5/c1-10-8-18-9-15-7-11(18)12(16-10)17-5-3-13(2,14)4-6-17/h7-9H,3-6,14H2,1-2H3. The van der Waals surface area contributed by atoms with Gasteiger partial charge in [0.05, 0.1) is 18.2 Å². The zero-order valence-electron chi connectivity index (χ0n) is 10.9. The van der Waals surface area contributed by atoms with E-state index in [1.165, 1.54) is 0 Å². The summed E-state index contributed by atoms with van der Waals surface area (Å²) in [6.07, 6.45) is 7.71. The van der Waals surface area contributed by atoms with Crippen molar-refractivity contribution >= 4 is 11.3 Å². The van der Waals surface area contributed by atoms with Crippen LogP contribution in [0.1, 0.15) is 25.5 Å². The number of hydrogen-bond acceptors (Lipinski definition) is 4. The summed E-state index contributed by atoms with van der Waals surface area (Å²) in [7, 11) is 0. The van der Waals surface area contributed by atoms with Crippen molar-refractivity contribution in [3.63, 3.8) is 0 Å². The molecule has 5 heteroatoms. The van der Waals surface area contributed by atoms with Gasteiger partial charge >= 0.3 is 0 Å². The number of nitrogens with zero attached hydrogens (tertiary/aromatic N) is 4. The summed E-state index contributed by atoms with van der Waals surface area (Å²) < 4.78 is 2.04. The van der Waals surface area contributed by atoms with Gasteiger partial charge in [0.15, 0.2) is 5.82 Å². The van der Waals surface area contributed by atoms with Crippen molar-refractivity contribution in [3.05, 3.63) is 24.4 Å². The van der Waals surface area contributed by atoms with E-state index in [4.69, 9.17) is 5.73 Å². The minimum Gasteiger partial charge on any atom is -0.355 e. The molecule has 0 spiro atoms. The lowest BCUT2D eigenvalue weighted by atomic mass is 9.91. The van der Waals surface area contributed by atoms with E-state index in [1.807, 2.05) is 30.0 Å². The third-order valence-electron chi connectivity index (χ3n) is 3.71. The molecule has 0 atom stereocenters. The van der Waals surface area contributed by atoms with Crippen molar-refractivity contribution in [3.8, 4) is 0 Å². The largest absolute Gasteiger partial charge is 0.355 e. The molecule has 2 N–H and O–H groups in total. The zero-order valence-corrected chi connectivity index (χ0v) is 10.9. The van der Waals surface area contributed by atoms with Gasteiger partial charge in [-0.05, 0) is 26.7 Å². The highest BCUT2D eigenvalue weighted by Gasteiger charge is 2.27. The third kappa shape index (κ3) is 1.95. The second kappa shape index (κ2) is 3.95. The number of anilines is 1. The predicted molar refractivity (Wildman–Crippen MR) is 71.8 cm³/mol. The number of rotatable bonds is 1. The van der Waals surface area contributed by atoms with Crippen molar-refractivity contribution in [2.45, 2.75) is 32.2 Å². The number of fused-ring (bicyclic) bond motifs is 1. The molecule has 18 heavy (non-hydrogen) atoms. The highest BCUT2D eigenvalue weighted by Crippen LogP contribution is 2.26. The lowest BCUT2D eigenvalue weighted by molar-refractivity contribution is 0.363. The summed E-state index contributed by atoms with van der Waals surface area (Å²) in [6.45, 7) is 6.07. The van der Waals surface area contributed by atoms with Crippen molar-refractivity contribution in [1.29, 1.82) is 0 Å². The first-order valence-corrected chi connectivity index (χ1v) is 6.38. The van der Waals surface area contributed by atoms with Gasteiger partial charge in [-0.3, -0.25) is 0 Å². The van der Waals surface area contributed by atoms with E-state index in [1.54, 1.807) is 0 Å². The lowest BCUT2D eigenvalue weighted by Crippen LogP contribution is -2.48. The number of nitrogens with two attached hydrogens (primary N) is 1. The molecule has 0 aromatic carbocycles. The summed E-state index contributed by atoms with van der Waals surface area (Å²) in [6, 6.07) is 0. The molecule has 1 aliphatic rings. The Labute approximate surface area is 107 Å². The van der Waals surface area contributed by atoms with Gasteiger partial charge < -0.3 is 15.0 Å². The van der Waals surface area contributed by atoms with Crippen molar-refractivity contribution in [2.24, 2.45) is 5.73 Å². The van der Waals surface area contributed by atoms with Crippen LogP contribution in [0.15, 0.2) is 18.7 Å². The Hall–Kier alpha value is -1.62. The van der Waals surface area contributed by atoms with Crippen LogP contribution >= 0.6 is 0 Å². The molecule has 0 amide bonds. The Kier molecular flexibility index (Phi) is 2.52. The number of aromatic nitrogens is 3. The SMILES string of the molecule is Cc1cn2cncc2c(N2CCC(C)(N)CC2)n1. The third-order valence-corrected chi connectivity index (χ3v) is 3.71. The normalized spacial score (nSPS) is 19.4. The first-order chi connectivity index (χ1) is 8.55. The molecular weight excluding hydrogens is 226 g/mol. The van der Waals surface area contributed by atoms with Gasteiger partial charge in [0.1, 0.15) is 5.52 Å². The molecule has 0 bridgehead atoms. The van der Waals surface area contributed by atoms with Crippen LogP contribution in [0.4, 0.5) is 5.82 Å². The second-order valence-electron chi connectivity index (χ2n) is 5.53. The fourth-order valence-electron chi connectivity index (χ4n) is 2.50. The minimum absolute atomic E-state index is 0.0309. The fourth-order valence-corrected chi connectivity index (χ4v) is 2.50. The van der Waals surface area contributed by atoms with Crippen LogP contribution in [0.5, 0.6) is 0 Å². The van der Waals surface area contributed by atoms with E-state index < -0.39 is 0 Å². The highest BCUT2D eigenvalue weighted by molar-refractivity contribution is 5.68. The van der Waals surface area contributed by atoms with Gasteiger partial charge in [0, 0.05) is 24.8 Å². The summed E-state index contributed by atoms with van der Waals surface area (Å²) in [5.41, 5.74) is 8.23. The van der Waals surface area contributed by atoms with Gasteiger partial charge in [-0.1, -0.05) is 0 Å². The Morgan fingerprint density at radius 1 is 1.33 bits per heavy atom. The summed E-state index contributed by atoms with van der Waals surface area (Å²) in [5, 5.41) is 0. The molecule has 2 aromatic rings. The van der Waals surface area contributed by atoms with E-state index in [9.17, 15) is 0 Å². The first kappa shape index (κ1) is 11.5. The predicted octanol–water partition coefficient (Wildman–Crippen LogP) is 1.36. The molecule has 3 rings (SSSR count). The van der Waals surface area contributed by atoms with Gasteiger partial charge in [0.2, 0.25) is 0 Å². The maximum Gasteiger partial charge on any atom is 0.154 e. The quantitative estimate of drug-likeness (QED) is 0.824. The molecule has 0 radical (unpaired) electrons. The van der Waals surface area contributed by atoms with E-state index >= 15 is 0 Å². The van der Waals surface area contributed by atoms with E-state index in [2.05, 4.69) is 21.8 Å². The molecule has 0 unspecified atom stereocenters. The Balaban J connectivity index is 1.97. The van der Waals surface area contributed by atoms with Crippen molar-refractivity contribution < 1.29 is 0 Å². The van der Waals surface area contributed by atoms with Gasteiger partial charge in [-0.2, -0.15) is 0 Å². The smallest absolute Gasteiger partial charge is 0.154 e. The Morgan fingerprint density at radius 3 is 2.78 bits per heavy atom. The van der Waals surface area contributed by atoms with Gasteiger partial charge in [0.25, 0.3) is 0 Å². The Morgan fingerprint density at radius 2 is 2.06 bits per heavy atom. The molecule has 96 valence electrons. The summed E-state index contributed by atoms with van der Waals surface area (Å²) in [5.74, 6) is 1.03. The van der Waals surface area contributed by atoms with Crippen molar-refractivity contribution in [1.82, 2.24) is 14.4 Å². The average molecular weight is 245 g/mol. The van der Waals surface area contributed by atoms with Crippen LogP contribution in [0.25, 0.3) is 5.52 Å². The summed E-state index contributed by atoms with van der Waals surface area (Å²) in [4.78, 5) is 11.2. The average Bonchev–Trinajstić information content (AvgIpc) is 2.76. The van der Waals surface area contributed by atoms with Crippen LogP contribution in [0.3, 0.4) is 0 Å². The molecule has 5 nitrogen and oxygen atoms in total. The number of piperidine rings is 1. The molecular formula is C13H19N5. The second-order valence-corrected chi connectivity index (χ2v) is 5.53. The molecule has 1 saturated heterocycles. The van der Waals surface area contributed by atoms with Gasteiger partial charge in [-0.15, -0.1) is 0 Å². The van der Waals surface area contributed by atoms with E-state index in [0.29, 0.717) is 0 Å². The number of aryl methyl sites for hydroxylation is 1. The van der Waals surface area contributed by atoms with Crippen molar-refractivity contribution in [2.75, 3.05) is 18.0 Å². The monoisotopic (exact) mass is 245 g/mol. The zero-order chi connectivity index (χ0) is 12.8. The fraction of sp³-hybridized carbons (Fsp3) is 0.538. The van der Waals surface area contributed by atoms with Crippen LogP contribution < -0.4 is 10.6 Å². The molecule has 1 fully saturated rings. The topological polar surface area (TPSA) is 59.5 Å². The Bertz CT molecular complexity index is 562. The van der Waals surface area contributed by atoms with Crippen LogP contribution in [0.2, 0.25) is 0 Å². The number of hydrogen-bond donors (Lipinski definition) is 1. The van der Waals surface area contributed by atoms with Gasteiger partial charge in [-0.25, -0.2) is 9.97 Å². The molecule has 0 aliphatic carbocycles. The summed E-state index contributed by atoms with van der Waals surface area (Å²) >= 11 is 0. The van der Waals surface area contributed by atoms with Crippen LogP contribution in [0, 0.1) is 6.92 Å². The van der Waals surface area contributed by atoms with E-state index in [-0.39, 0.29) is 5.54 Å². The van der Waals surface area contributed by atoms with Crippen LogP contribution in [-0.4, -0.2) is 33.0 Å². The van der Waals surface area contributed by atoms with E-state index in [0.717, 1.165) is 43.0 Å². The molecule has 2 aromatic heterocycles. The maximum absolute atomic E-state index is 6.18. The number of imidazole rings is 1. The molecule has 3 heterocycles.